The lowest BCUT2D eigenvalue weighted by Crippen LogP contribution is -2.30. The fourth-order valence-corrected chi connectivity index (χ4v) is 5.15. The van der Waals surface area contributed by atoms with Gasteiger partial charge in [-0.2, -0.15) is 0 Å². The van der Waals surface area contributed by atoms with Crippen LogP contribution in [0.15, 0.2) is 58.5 Å². The zero-order chi connectivity index (χ0) is 22.1. The van der Waals surface area contributed by atoms with E-state index < -0.39 is 0 Å². The van der Waals surface area contributed by atoms with E-state index in [-0.39, 0.29) is 18.0 Å². The van der Waals surface area contributed by atoms with Crippen LogP contribution in [0.5, 0.6) is 5.75 Å². The highest BCUT2D eigenvalue weighted by Crippen LogP contribution is 2.32. The molecular weight excluding hydrogens is 424 g/mol. The summed E-state index contributed by atoms with van der Waals surface area (Å²) in [5, 5.41) is 4.55. The van der Waals surface area contributed by atoms with E-state index in [0.717, 1.165) is 34.7 Å². The molecule has 2 aromatic heterocycles. The van der Waals surface area contributed by atoms with E-state index in [4.69, 9.17) is 9.72 Å². The molecule has 0 fully saturated rings. The molecule has 0 bridgehead atoms. The van der Waals surface area contributed by atoms with Crippen molar-refractivity contribution in [2.45, 2.75) is 31.1 Å². The van der Waals surface area contributed by atoms with Crippen LogP contribution in [0, 0.1) is 0 Å². The van der Waals surface area contributed by atoms with Gasteiger partial charge in [-0.15, -0.1) is 0 Å². The number of nitrogens with one attached hydrogen (secondary N) is 1. The van der Waals surface area contributed by atoms with Gasteiger partial charge in [-0.3, -0.25) is 14.2 Å². The van der Waals surface area contributed by atoms with Crippen molar-refractivity contribution in [3.05, 3.63) is 64.4 Å². The maximum Gasteiger partial charge on any atom is 0.278 e. The smallest absolute Gasteiger partial charge is 0.278 e. The quantitative estimate of drug-likeness (QED) is 0.347. The third-order valence-corrected chi connectivity index (χ3v) is 6.74. The molecule has 0 saturated carbocycles. The Morgan fingerprint density at radius 1 is 1.22 bits per heavy atom. The molecule has 32 heavy (non-hydrogen) atoms. The van der Waals surface area contributed by atoms with E-state index in [1.54, 1.807) is 28.0 Å². The Morgan fingerprint density at radius 2 is 2.06 bits per heavy atom. The number of methoxy groups -OCH3 is 1. The second-order valence-corrected chi connectivity index (χ2v) is 8.87. The molecule has 0 spiro atoms. The summed E-state index contributed by atoms with van der Waals surface area (Å²) in [4.78, 5) is 30.9. The summed E-state index contributed by atoms with van der Waals surface area (Å²) >= 11 is 1.58. The second-order valence-electron chi connectivity index (χ2n) is 7.81. The number of aryl methyl sites for hydroxylation is 1. The molecule has 0 atom stereocenters. The Morgan fingerprint density at radius 3 is 2.88 bits per heavy atom. The summed E-state index contributed by atoms with van der Waals surface area (Å²) in [6.45, 7) is 1.29. The molecule has 7 nitrogen and oxygen atoms in total. The predicted octanol–water partition coefficient (Wildman–Crippen LogP) is 3.21. The highest BCUT2D eigenvalue weighted by Gasteiger charge is 2.23. The van der Waals surface area contributed by atoms with Crippen molar-refractivity contribution in [2.75, 3.05) is 19.4 Å². The lowest BCUT2D eigenvalue weighted by atomic mass is 10.1. The summed E-state index contributed by atoms with van der Waals surface area (Å²) in [5.41, 5.74) is 3.06. The standard InChI is InChI=1S/C24H24N4O3S/c1-31-17-9-10-19-18(14-17)21-22(23(30)27-12-13-32-24(27)26-21)28(19)15-20(29)25-11-5-8-16-6-3-2-4-7-16/h2-4,6-7,9-10,14H,5,8,11-13,15H2,1H3,(H,25,29). The minimum atomic E-state index is -0.119. The first-order valence-corrected chi connectivity index (χ1v) is 11.7. The number of benzene rings is 2. The highest BCUT2D eigenvalue weighted by molar-refractivity contribution is 7.99. The number of nitrogens with zero attached hydrogens (tertiary/aromatic N) is 3. The van der Waals surface area contributed by atoms with Gasteiger partial charge in [0, 0.05) is 24.2 Å². The minimum Gasteiger partial charge on any atom is -0.497 e. The fourth-order valence-electron chi connectivity index (χ4n) is 4.21. The molecule has 0 saturated heterocycles. The van der Waals surface area contributed by atoms with Crippen LogP contribution in [0.4, 0.5) is 0 Å². The lowest BCUT2D eigenvalue weighted by molar-refractivity contribution is -0.121. The number of rotatable bonds is 7. The fraction of sp³-hybridized carbons (Fsp3) is 0.292. The largest absolute Gasteiger partial charge is 0.497 e. The van der Waals surface area contributed by atoms with E-state index in [2.05, 4.69) is 17.4 Å². The average Bonchev–Trinajstić information content (AvgIpc) is 3.41. The van der Waals surface area contributed by atoms with Gasteiger partial charge >= 0.3 is 0 Å². The normalized spacial score (nSPS) is 12.9. The Kier molecular flexibility index (Phi) is 5.61. The second kappa shape index (κ2) is 8.70. The van der Waals surface area contributed by atoms with Gasteiger partial charge in [0.15, 0.2) is 5.16 Å². The monoisotopic (exact) mass is 448 g/mol. The summed E-state index contributed by atoms with van der Waals surface area (Å²) in [7, 11) is 1.61. The Balaban J connectivity index is 1.43. The van der Waals surface area contributed by atoms with Crippen molar-refractivity contribution < 1.29 is 9.53 Å². The summed E-state index contributed by atoms with van der Waals surface area (Å²) in [5.74, 6) is 1.40. The maximum absolute atomic E-state index is 13.3. The van der Waals surface area contributed by atoms with Crippen molar-refractivity contribution >= 4 is 39.6 Å². The van der Waals surface area contributed by atoms with Gasteiger partial charge in [0.2, 0.25) is 5.91 Å². The van der Waals surface area contributed by atoms with Crippen LogP contribution < -0.4 is 15.6 Å². The van der Waals surface area contributed by atoms with Crippen LogP contribution in [-0.2, 0) is 24.3 Å². The molecule has 0 unspecified atom stereocenters. The number of thioether (sulfide) groups is 1. The number of aromatic nitrogens is 3. The zero-order valence-corrected chi connectivity index (χ0v) is 18.7. The number of fused-ring (bicyclic) bond motifs is 4. The average molecular weight is 449 g/mol. The maximum atomic E-state index is 13.3. The molecule has 2 aromatic carbocycles. The zero-order valence-electron chi connectivity index (χ0n) is 17.8. The number of hydrogen-bond acceptors (Lipinski definition) is 5. The number of carbonyl (C=O) groups is 1. The Hall–Kier alpha value is -3.26. The molecule has 164 valence electrons. The molecule has 0 aliphatic carbocycles. The molecule has 1 amide bonds. The van der Waals surface area contributed by atoms with E-state index in [1.807, 2.05) is 36.4 Å². The molecule has 1 aliphatic heterocycles. The van der Waals surface area contributed by atoms with Crippen molar-refractivity contribution in [3.8, 4) is 5.75 Å². The molecule has 8 heteroatoms. The van der Waals surface area contributed by atoms with Gasteiger partial charge in [-0.25, -0.2) is 4.98 Å². The van der Waals surface area contributed by atoms with Gasteiger partial charge < -0.3 is 14.6 Å². The molecule has 5 rings (SSSR count). The van der Waals surface area contributed by atoms with Crippen LogP contribution in [0.25, 0.3) is 21.9 Å². The predicted molar refractivity (Wildman–Crippen MR) is 127 cm³/mol. The van der Waals surface area contributed by atoms with Crippen molar-refractivity contribution in [1.29, 1.82) is 0 Å². The number of amides is 1. The SMILES string of the molecule is COc1ccc2c(c1)c1nc3n(c(=O)c1n2CC(=O)NCCCc1ccccc1)CCS3. The molecule has 3 heterocycles. The summed E-state index contributed by atoms with van der Waals surface area (Å²) in [6, 6.07) is 15.8. The minimum absolute atomic E-state index is 0.0705. The topological polar surface area (TPSA) is 78.2 Å². The van der Waals surface area contributed by atoms with Gasteiger partial charge in [-0.05, 0) is 36.6 Å². The van der Waals surface area contributed by atoms with Crippen LogP contribution in [-0.4, -0.2) is 39.4 Å². The van der Waals surface area contributed by atoms with E-state index >= 15 is 0 Å². The van der Waals surface area contributed by atoms with Gasteiger partial charge in [0.25, 0.3) is 5.56 Å². The van der Waals surface area contributed by atoms with Crippen molar-refractivity contribution in [1.82, 2.24) is 19.4 Å². The number of carbonyl (C=O) groups excluding carboxylic acids is 1. The molecule has 4 aromatic rings. The van der Waals surface area contributed by atoms with Crippen LogP contribution >= 0.6 is 11.8 Å². The van der Waals surface area contributed by atoms with Crippen LogP contribution in [0.2, 0.25) is 0 Å². The van der Waals surface area contributed by atoms with Crippen LogP contribution in [0.3, 0.4) is 0 Å². The summed E-state index contributed by atoms with van der Waals surface area (Å²) < 4.78 is 8.88. The molecule has 1 aliphatic rings. The van der Waals surface area contributed by atoms with Crippen LogP contribution in [0.1, 0.15) is 12.0 Å². The number of hydrogen-bond donors (Lipinski definition) is 1. The van der Waals surface area contributed by atoms with Gasteiger partial charge in [0.05, 0.1) is 12.6 Å². The first kappa shape index (κ1) is 20.6. The Labute approximate surface area is 189 Å². The third kappa shape index (κ3) is 3.75. The molecular formula is C24H24N4O3S. The van der Waals surface area contributed by atoms with E-state index in [1.165, 1.54) is 5.56 Å². The lowest BCUT2D eigenvalue weighted by Gasteiger charge is -2.09. The first-order chi connectivity index (χ1) is 15.7. The van der Waals surface area contributed by atoms with Crippen molar-refractivity contribution in [3.63, 3.8) is 0 Å². The van der Waals surface area contributed by atoms with E-state index in [9.17, 15) is 9.59 Å². The third-order valence-electron chi connectivity index (χ3n) is 5.78. The molecule has 0 radical (unpaired) electrons. The number of ether oxygens (including phenoxy) is 1. The van der Waals surface area contributed by atoms with Gasteiger partial charge in [0.1, 0.15) is 23.3 Å². The summed E-state index contributed by atoms with van der Waals surface area (Å²) in [6.07, 6.45) is 1.76. The first-order valence-electron chi connectivity index (χ1n) is 10.7. The van der Waals surface area contributed by atoms with Crippen molar-refractivity contribution in [2.24, 2.45) is 0 Å². The van der Waals surface area contributed by atoms with Gasteiger partial charge in [-0.1, -0.05) is 42.1 Å². The Bertz CT molecular complexity index is 1360. The highest BCUT2D eigenvalue weighted by atomic mass is 32.2. The molecule has 1 N–H and O–H groups in total. The van der Waals surface area contributed by atoms with E-state index in [0.29, 0.717) is 29.9 Å².